The summed E-state index contributed by atoms with van der Waals surface area (Å²) in [6, 6.07) is 3.61. The maximum absolute atomic E-state index is 13.6. The number of alkyl halides is 3. The van der Waals surface area contributed by atoms with Crippen molar-refractivity contribution in [1.29, 1.82) is 0 Å². The summed E-state index contributed by atoms with van der Waals surface area (Å²) in [5.41, 5.74) is -2.45. The molecule has 1 aliphatic rings. The van der Waals surface area contributed by atoms with E-state index < -0.39 is 35.3 Å². The van der Waals surface area contributed by atoms with Gasteiger partial charge in [0, 0.05) is 6.54 Å². The average Bonchev–Trinajstić information content (AvgIpc) is 2.81. The van der Waals surface area contributed by atoms with E-state index in [1.54, 1.807) is 6.92 Å². The van der Waals surface area contributed by atoms with Crippen molar-refractivity contribution in [3.63, 3.8) is 0 Å². The van der Waals surface area contributed by atoms with E-state index in [-0.39, 0.29) is 13.0 Å². The Labute approximate surface area is 107 Å². The van der Waals surface area contributed by atoms with Crippen LogP contribution in [0.3, 0.4) is 0 Å². The number of carbonyl (C=O) groups excluding carboxylic acids is 1. The Morgan fingerprint density at radius 1 is 1.37 bits per heavy atom. The number of benzene rings is 1. The van der Waals surface area contributed by atoms with Crippen LogP contribution >= 0.6 is 0 Å². The average molecular weight is 275 g/mol. The summed E-state index contributed by atoms with van der Waals surface area (Å²) in [5.74, 6) is -2.10. The lowest BCUT2D eigenvalue weighted by atomic mass is 9.78. The molecule has 1 aromatic carbocycles. The number of ketones is 1. The lowest BCUT2D eigenvalue weighted by Gasteiger charge is -2.29. The molecule has 1 fully saturated rings. The van der Waals surface area contributed by atoms with Crippen molar-refractivity contribution in [2.75, 3.05) is 13.1 Å². The minimum absolute atomic E-state index is 0.0959. The van der Waals surface area contributed by atoms with Gasteiger partial charge in [0.25, 0.3) is 0 Å². The Hall–Kier alpha value is -1.43. The molecular formula is C13H13F4NO. The molecule has 0 saturated carbocycles. The quantitative estimate of drug-likeness (QED) is 0.664. The second-order valence-electron chi connectivity index (χ2n) is 4.82. The summed E-state index contributed by atoms with van der Waals surface area (Å²) >= 11 is 0. The first-order valence-corrected chi connectivity index (χ1v) is 5.86. The largest absolute Gasteiger partial charge is 0.402 e. The fraction of sp³-hybridized carbons (Fsp3) is 0.462. The zero-order valence-corrected chi connectivity index (χ0v) is 10.3. The molecule has 1 N–H and O–H groups in total. The maximum atomic E-state index is 13.6. The molecule has 1 aromatic rings. The molecule has 6 heteroatoms. The molecule has 1 atom stereocenters. The number of hydrogen-bond donors (Lipinski definition) is 1. The van der Waals surface area contributed by atoms with Gasteiger partial charge in [0.2, 0.25) is 0 Å². The van der Waals surface area contributed by atoms with Crippen LogP contribution in [0.25, 0.3) is 0 Å². The first-order chi connectivity index (χ1) is 8.78. The molecule has 19 heavy (non-hydrogen) atoms. The lowest BCUT2D eigenvalue weighted by Crippen LogP contribution is -2.47. The molecule has 0 radical (unpaired) electrons. The predicted molar refractivity (Wildman–Crippen MR) is 61.4 cm³/mol. The van der Waals surface area contributed by atoms with E-state index in [9.17, 15) is 22.4 Å². The molecule has 1 aliphatic heterocycles. The van der Waals surface area contributed by atoms with Crippen LogP contribution in [0, 0.1) is 18.2 Å². The Morgan fingerprint density at radius 2 is 2.05 bits per heavy atom. The highest BCUT2D eigenvalue weighted by molar-refractivity contribution is 6.02. The minimum Gasteiger partial charge on any atom is -0.315 e. The molecule has 0 spiro atoms. The zero-order valence-electron chi connectivity index (χ0n) is 10.3. The highest BCUT2D eigenvalue weighted by Crippen LogP contribution is 2.45. The van der Waals surface area contributed by atoms with Gasteiger partial charge in [0.15, 0.2) is 5.78 Å². The number of nitrogens with one attached hydrogen (secondary N) is 1. The normalized spacial score (nSPS) is 23.6. The standard InChI is InChI=1S/C13H13F4NO/c1-8-2-3-10(14)9(6-8)11(19)12(13(15,16)17)4-5-18-7-12/h2-3,6,18H,4-5,7H2,1H3. The zero-order chi connectivity index (χ0) is 14.3. The third-order valence-electron chi connectivity index (χ3n) is 3.50. The number of halogens is 4. The highest BCUT2D eigenvalue weighted by atomic mass is 19.4. The summed E-state index contributed by atoms with van der Waals surface area (Å²) in [5, 5.41) is 2.54. The van der Waals surface area contributed by atoms with E-state index in [2.05, 4.69) is 5.32 Å². The molecule has 1 unspecified atom stereocenters. The third-order valence-corrected chi connectivity index (χ3v) is 3.50. The van der Waals surface area contributed by atoms with Crippen molar-refractivity contribution < 1.29 is 22.4 Å². The van der Waals surface area contributed by atoms with Gasteiger partial charge >= 0.3 is 6.18 Å². The number of aryl methyl sites for hydroxylation is 1. The Balaban J connectivity index is 2.49. The van der Waals surface area contributed by atoms with Crippen LogP contribution in [-0.4, -0.2) is 25.0 Å². The van der Waals surface area contributed by atoms with Gasteiger partial charge in [-0.25, -0.2) is 4.39 Å². The number of Topliss-reactive ketones (excluding diaryl/α,β-unsaturated/α-hetero) is 1. The van der Waals surface area contributed by atoms with Crippen molar-refractivity contribution in [2.24, 2.45) is 5.41 Å². The van der Waals surface area contributed by atoms with Crippen LogP contribution in [-0.2, 0) is 0 Å². The van der Waals surface area contributed by atoms with E-state index in [0.29, 0.717) is 5.56 Å². The van der Waals surface area contributed by atoms with Gasteiger partial charge in [-0.1, -0.05) is 11.6 Å². The second-order valence-corrected chi connectivity index (χ2v) is 4.82. The van der Waals surface area contributed by atoms with E-state index in [4.69, 9.17) is 0 Å². The summed E-state index contributed by atoms with van der Waals surface area (Å²) < 4.78 is 53.2. The SMILES string of the molecule is Cc1ccc(F)c(C(=O)C2(C(F)(F)F)CCNC2)c1. The summed E-state index contributed by atoms with van der Waals surface area (Å²) in [6.07, 6.45) is -5.05. The topological polar surface area (TPSA) is 29.1 Å². The molecule has 0 bridgehead atoms. The minimum atomic E-state index is -4.69. The Kier molecular flexibility index (Phi) is 3.38. The lowest BCUT2D eigenvalue weighted by molar-refractivity contribution is -0.197. The molecule has 0 aromatic heterocycles. The van der Waals surface area contributed by atoms with Gasteiger partial charge in [-0.3, -0.25) is 4.79 Å². The Morgan fingerprint density at radius 3 is 2.58 bits per heavy atom. The number of rotatable bonds is 2. The van der Waals surface area contributed by atoms with Crippen LogP contribution in [0.2, 0.25) is 0 Å². The second kappa shape index (κ2) is 4.59. The van der Waals surface area contributed by atoms with Crippen molar-refractivity contribution >= 4 is 5.78 Å². The first kappa shape index (κ1) is 14.0. The van der Waals surface area contributed by atoms with E-state index in [0.717, 1.165) is 6.07 Å². The van der Waals surface area contributed by atoms with Crippen LogP contribution in [0.15, 0.2) is 18.2 Å². The van der Waals surface area contributed by atoms with E-state index >= 15 is 0 Å². The number of carbonyl (C=O) groups is 1. The summed E-state index contributed by atoms with van der Waals surface area (Å²) in [6.45, 7) is 1.20. The molecule has 0 aliphatic carbocycles. The van der Waals surface area contributed by atoms with Crippen molar-refractivity contribution in [2.45, 2.75) is 19.5 Å². The monoisotopic (exact) mass is 275 g/mol. The fourth-order valence-electron chi connectivity index (χ4n) is 2.33. The third kappa shape index (κ3) is 2.25. The van der Waals surface area contributed by atoms with Crippen LogP contribution in [0.1, 0.15) is 22.3 Å². The molecule has 2 rings (SSSR count). The van der Waals surface area contributed by atoms with E-state index in [1.807, 2.05) is 0 Å². The van der Waals surface area contributed by atoms with E-state index in [1.165, 1.54) is 12.1 Å². The van der Waals surface area contributed by atoms with Gasteiger partial charge in [-0.2, -0.15) is 13.2 Å². The Bertz CT molecular complexity index is 504. The van der Waals surface area contributed by atoms with Gasteiger partial charge in [-0.15, -0.1) is 0 Å². The molecule has 0 amide bonds. The van der Waals surface area contributed by atoms with Crippen LogP contribution in [0.5, 0.6) is 0 Å². The molecule has 1 saturated heterocycles. The molecular weight excluding hydrogens is 262 g/mol. The molecule has 1 heterocycles. The van der Waals surface area contributed by atoms with Crippen LogP contribution < -0.4 is 5.32 Å². The summed E-state index contributed by atoms with van der Waals surface area (Å²) in [7, 11) is 0. The highest BCUT2D eigenvalue weighted by Gasteiger charge is 2.61. The van der Waals surface area contributed by atoms with Gasteiger partial charge in [0.05, 0.1) is 5.56 Å². The number of hydrogen-bond acceptors (Lipinski definition) is 2. The van der Waals surface area contributed by atoms with Crippen molar-refractivity contribution in [1.82, 2.24) is 5.32 Å². The van der Waals surface area contributed by atoms with Gasteiger partial charge < -0.3 is 5.32 Å². The van der Waals surface area contributed by atoms with Crippen molar-refractivity contribution in [3.05, 3.63) is 35.1 Å². The molecule has 2 nitrogen and oxygen atoms in total. The fourth-order valence-corrected chi connectivity index (χ4v) is 2.33. The smallest absolute Gasteiger partial charge is 0.315 e. The maximum Gasteiger partial charge on any atom is 0.402 e. The summed E-state index contributed by atoms with van der Waals surface area (Å²) in [4.78, 5) is 12.2. The predicted octanol–water partition coefficient (Wildman–Crippen LogP) is 2.86. The van der Waals surface area contributed by atoms with Crippen LogP contribution in [0.4, 0.5) is 17.6 Å². The first-order valence-electron chi connectivity index (χ1n) is 5.86. The van der Waals surface area contributed by atoms with Gasteiger partial charge in [0.1, 0.15) is 11.2 Å². The molecule has 104 valence electrons. The van der Waals surface area contributed by atoms with Gasteiger partial charge in [-0.05, 0) is 32.0 Å². The van der Waals surface area contributed by atoms with Crippen molar-refractivity contribution in [3.8, 4) is 0 Å².